The molecule has 0 heterocycles. The molecular weight excluding hydrogens is 398 g/mol. The van der Waals surface area contributed by atoms with Crippen molar-refractivity contribution in [2.75, 3.05) is 20.8 Å². The molecule has 2 aromatic carbocycles. The van der Waals surface area contributed by atoms with Gasteiger partial charge in [0.2, 0.25) is 0 Å². The highest BCUT2D eigenvalue weighted by molar-refractivity contribution is 5.97. The SMILES string of the molecule is CCc1ccc(OCCCC(=O)Oc2ccc(C=C(C#N)C(=O)OC)cc2OC)cc1. The molecule has 0 amide bonds. The Labute approximate surface area is 181 Å². The van der Waals surface area contributed by atoms with Gasteiger partial charge in [-0.15, -0.1) is 0 Å². The lowest BCUT2D eigenvalue weighted by Gasteiger charge is -2.10. The Morgan fingerprint density at radius 2 is 1.81 bits per heavy atom. The summed E-state index contributed by atoms with van der Waals surface area (Å²) in [6.07, 6.45) is 3.02. The fraction of sp³-hybridized carbons (Fsp3) is 0.292. The molecule has 162 valence electrons. The van der Waals surface area contributed by atoms with Crippen LogP contribution in [0.4, 0.5) is 0 Å². The second-order valence-corrected chi connectivity index (χ2v) is 6.50. The zero-order valence-electron chi connectivity index (χ0n) is 17.8. The molecule has 0 N–H and O–H groups in total. The molecule has 0 radical (unpaired) electrons. The highest BCUT2D eigenvalue weighted by Gasteiger charge is 2.13. The molecule has 0 aromatic heterocycles. The quantitative estimate of drug-likeness (QED) is 0.187. The summed E-state index contributed by atoms with van der Waals surface area (Å²) in [5, 5.41) is 9.06. The topological polar surface area (TPSA) is 94.9 Å². The summed E-state index contributed by atoms with van der Waals surface area (Å²) in [4.78, 5) is 23.7. The molecule has 0 aliphatic heterocycles. The van der Waals surface area contributed by atoms with E-state index in [1.165, 1.54) is 25.9 Å². The van der Waals surface area contributed by atoms with Gasteiger partial charge < -0.3 is 18.9 Å². The van der Waals surface area contributed by atoms with Gasteiger partial charge in [-0.25, -0.2) is 4.79 Å². The third kappa shape index (κ3) is 7.19. The largest absolute Gasteiger partial charge is 0.494 e. The number of benzene rings is 2. The summed E-state index contributed by atoms with van der Waals surface area (Å²) in [5.41, 5.74) is 1.61. The zero-order chi connectivity index (χ0) is 22.6. The van der Waals surface area contributed by atoms with Gasteiger partial charge in [-0.3, -0.25) is 4.79 Å². The number of ether oxygens (including phenoxy) is 4. The van der Waals surface area contributed by atoms with E-state index in [1.54, 1.807) is 24.3 Å². The Kier molecular flexibility index (Phi) is 9.12. The molecule has 7 nitrogen and oxygen atoms in total. The molecule has 31 heavy (non-hydrogen) atoms. The first-order chi connectivity index (χ1) is 15.0. The highest BCUT2D eigenvalue weighted by Crippen LogP contribution is 2.29. The molecule has 0 saturated carbocycles. The summed E-state index contributed by atoms with van der Waals surface area (Å²) >= 11 is 0. The Bertz CT molecular complexity index is 973. The third-order valence-corrected chi connectivity index (χ3v) is 4.37. The monoisotopic (exact) mass is 423 g/mol. The Balaban J connectivity index is 1.91. The van der Waals surface area contributed by atoms with E-state index in [0.717, 1.165) is 12.2 Å². The molecule has 0 atom stereocenters. The molecule has 0 unspecified atom stereocenters. The van der Waals surface area contributed by atoms with Gasteiger partial charge in [-0.2, -0.15) is 5.26 Å². The van der Waals surface area contributed by atoms with Gasteiger partial charge >= 0.3 is 11.9 Å². The molecular formula is C24H25NO6. The molecule has 0 bridgehead atoms. The van der Waals surface area contributed by atoms with Crippen molar-refractivity contribution >= 4 is 18.0 Å². The van der Waals surface area contributed by atoms with Gasteiger partial charge in [0, 0.05) is 6.42 Å². The number of hydrogen-bond acceptors (Lipinski definition) is 7. The lowest BCUT2D eigenvalue weighted by Crippen LogP contribution is -2.10. The number of rotatable bonds is 10. The zero-order valence-corrected chi connectivity index (χ0v) is 17.8. The lowest BCUT2D eigenvalue weighted by molar-refractivity contribution is -0.136. The van der Waals surface area contributed by atoms with Crippen LogP contribution < -0.4 is 14.2 Å². The van der Waals surface area contributed by atoms with Crippen LogP contribution in [-0.4, -0.2) is 32.8 Å². The minimum Gasteiger partial charge on any atom is -0.494 e. The van der Waals surface area contributed by atoms with Crippen LogP contribution >= 0.6 is 0 Å². The van der Waals surface area contributed by atoms with Gasteiger partial charge in [0.15, 0.2) is 11.5 Å². The lowest BCUT2D eigenvalue weighted by atomic mass is 10.1. The first-order valence-electron chi connectivity index (χ1n) is 9.81. The van der Waals surface area contributed by atoms with Gasteiger partial charge in [-0.1, -0.05) is 25.1 Å². The van der Waals surface area contributed by atoms with Crippen LogP contribution in [0.3, 0.4) is 0 Å². The summed E-state index contributed by atoms with van der Waals surface area (Å²) in [6, 6.07) is 14.3. The van der Waals surface area contributed by atoms with Crippen LogP contribution in [0.2, 0.25) is 0 Å². The molecule has 0 aliphatic rings. The minimum absolute atomic E-state index is 0.154. The maximum absolute atomic E-state index is 12.2. The van der Waals surface area contributed by atoms with E-state index in [4.69, 9.17) is 19.5 Å². The van der Waals surface area contributed by atoms with E-state index in [9.17, 15) is 9.59 Å². The molecule has 0 saturated heterocycles. The first kappa shape index (κ1) is 23.5. The molecule has 2 aromatic rings. The van der Waals surface area contributed by atoms with Crippen molar-refractivity contribution in [2.45, 2.75) is 26.2 Å². The van der Waals surface area contributed by atoms with Crippen molar-refractivity contribution in [2.24, 2.45) is 0 Å². The molecule has 2 rings (SSSR count). The van der Waals surface area contributed by atoms with Crippen molar-refractivity contribution < 1.29 is 28.5 Å². The van der Waals surface area contributed by atoms with Crippen LogP contribution in [0.25, 0.3) is 6.08 Å². The minimum atomic E-state index is -0.736. The normalized spacial score (nSPS) is 10.7. The van der Waals surface area contributed by atoms with Crippen LogP contribution in [-0.2, 0) is 20.7 Å². The van der Waals surface area contributed by atoms with Gasteiger partial charge in [0.1, 0.15) is 17.4 Å². The van der Waals surface area contributed by atoms with Crippen molar-refractivity contribution in [3.8, 4) is 23.3 Å². The van der Waals surface area contributed by atoms with E-state index in [2.05, 4.69) is 11.7 Å². The van der Waals surface area contributed by atoms with Crippen LogP contribution in [0.1, 0.15) is 30.9 Å². The number of hydrogen-bond donors (Lipinski definition) is 0. The molecule has 0 fully saturated rings. The maximum Gasteiger partial charge on any atom is 0.348 e. The van der Waals surface area contributed by atoms with E-state index < -0.39 is 11.9 Å². The number of carbonyl (C=O) groups is 2. The molecule has 0 spiro atoms. The third-order valence-electron chi connectivity index (χ3n) is 4.37. The summed E-state index contributed by atoms with van der Waals surface area (Å²) in [6.45, 7) is 2.48. The predicted octanol–water partition coefficient (Wildman–Crippen LogP) is 4.10. The van der Waals surface area contributed by atoms with Gasteiger partial charge in [0.25, 0.3) is 0 Å². The van der Waals surface area contributed by atoms with Gasteiger partial charge in [0.05, 0.1) is 20.8 Å². The maximum atomic E-state index is 12.2. The van der Waals surface area contributed by atoms with Gasteiger partial charge in [-0.05, 0) is 54.3 Å². The average Bonchev–Trinajstić information content (AvgIpc) is 2.80. The van der Waals surface area contributed by atoms with E-state index >= 15 is 0 Å². The number of carbonyl (C=O) groups excluding carboxylic acids is 2. The Hall–Kier alpha value is -3.79. The van der Waals surface area contributed by atoms with Crippen LogP contribution in [0, 0.1) is 11.3 Å². The van der Waals surface area contributed by atoms with Crippen molar-refractivity contribution in [3.05, 3.63) is 59.2 Å². The van der Waals surface area contributed by atoms with Crippen LogP contribution in [0.15, 0.2) is 48.0 Å². The summed E-state index contributed by atoms with van der Waals surface area (Å²) in [5.74, 6) is 0.160. The Morgan fingerprint density at radius 3 is 2.42 bits per heavy atom. The first-order valence-corrected chi connectivity index (χ1v) is 9.81. The number of methoxy groups -OCH3 is 2. The van der Waals surface area contributed by atoms with Crippen LogP contribution in [0.5, 0.6) is 17.2 Å². The van der Waals surface area contributed by atoms with E-state index in [1.807, 2.05) is 24.3 Å². The second kappa shape index (κ2) is 12.0. The van der Waals surface area contributed by atoms with Crippen molar-refractivity contribution in [1.82, 2.24) is 0 Å². The number of nitrogens with zero attached hydrogens (tertiary/aromatic N) is 1. The number of aryl methyl sites for hydroxylation is 1. The second-order valence-electron chi connectivity index (χ2n) is 6.50. The number of nitriles is 1. The van der Waals surface area contributed by atoms with Crippen molar-refractivity contribution in [3.63, 3.8) is 0 Å². The summed E-state index contributed by atoms with van der Waals surface area (Å²) < 4.78 is 20.8. The fourth-order valence-corrected chi connectivity index (χ4v) is 2.67. The summed E-state index contributed by atoms with van der Waals surface area (Å²) in [7, 11) is 2.63. The fourth-order valence-electron chi connectivity index (χ4n) is 2.67. The molecule has 7 heteroatoms. The smallest absolute Gasteiger partial charge is 0.348 e. The Morgan fingerprint density at radius 1 is 1.06 bits per heavy atom. The standard InChI is InChI=1S/C24H25NO6/c1-4-17-7-10-20(11-8-17)30-13-5-6-23(26)31-21-12-9-18(15-22(21)28-2)14-19(16-25)24(27)29-3/h7-12,14-15H,4-6,13H2,1-3H3. The highest BCUT2D eigenvalue weighted by atomic mass is 16.6. The van der Waals surface area contributed by atoms with E-state index in [-0.39, 0.29) is 17.7 Å². The molecule has 0 aliphatic carbocycles. The number of esters is 2. The van der Waals surface area contributed by atoms with Crippen molar-refractivity contribution in [1.29, 1.82) is 5.26 Å². The average molecular weight is 423 g/mol. The predicted molar refractivity (Wildman–Crippen MR) is 115 cm³/mol. The van der Waals surface area contributed by atoms with E-state index in [0.29, 0.717) is 24.3 Å².